The summed E-state index contributed by atoms with van der Waals surface area (Å²) in [6.07, 6.45) is 4.76. The quantitative estimate of drug-likeness (QED) is 0.715. The third kappa shape index (κ3) is 3.65. The maximum atomic E-state index is 12.4. The number of aromatic nitrogens is 3. The van der Waals surface area contributed by atoms with Crippen molar-refractivity contribution in [3.63, 3.8) is 0 Å². The number of anilines is 1. The summed E-state index contributed by atoms with van der Waals surface area (Å²) in [6.45, 7) is 0. The van der Waals surface area contributed by atoms with E-state index in [-0.39, 0.29) is 11.7 Å². The molecule has 8 heteroatoms. The smallest absolute Gasteiger partial charge is 0.234 e. The Morgan fingerprint density at radius 1 is 1.23 bits per heavy atom. The number of hydrogen-bond donors (Lipinski definition) is 1. The van der Waals surface area contributed by atoms with E-state index in [1.807, 2.05) is 0 Å². The van der Waals surface area contributed by atoms with Gasteiger partial charge in [-0.3, -0.25) is 4.79 Å². The first-order chi connectivity index (χ1) is 12.7. The number of nitrogens with one attached hydrogen (secondary N) is 1. The average molecular weight is 374 g/mol. The number of rotatable bonds is 8. The SMILES string of the molecule is COc1ccc(OC)c(NC(=O)CSc2nnc(C3CC3)n2C2CC2)c1. The first-order valence-corrected chi connectivity index (χ1v) is 9.77. The maximum Gasteiger partial charge on any atom is 0.234 e. The molecule has 0 saturated heterocycles. The lowest BCUT2D eigenvalue weighted by molar-refractivity contribution is -0.113. The molecule has 0 bridgehead atoms. The second-order valence-electron chi connectivity index (χ2n) is 6.62. The molecule has 7 nitrogen and oxygen atoms in total. The molecular weight excluding hydrogens is 352 g/mol. The second-order valence-corrected chi connectivity index (χ2v) is 7.56. The van der Waals surface area contributed by atoms with Crippen LogP contribution in [0.4, 0.5) is 5.69 Å². The topological polar surface area (TPSA) is 78.3 Å². The van der Waals surface area contributed by atoms with E-state index in [0.29, 0.717) is 29.1 Å². The van der Waals surface area contributed by atoms with Gasteiger partial charge in [-0.15, -0.1) is 10.2 Å². The molecule has 1 N–H and O–H groups in total. The molecule has 0 unspecified atom stereocenters. The van der Waals surface area contributed by atoms with Gasteiger partial charge in [0.25, 0.3) is 0 Å². The van der Waals surface area contributed by atoms with Gasteiger partial charge in [0, 0.05) is 18.0 Å². The van der Waals surface area contributed by atoms with Gasteiger partial charge in [-0.1, -0.05) is 11.8 Å². The Balaban J connectivity index is 1.42. The van der Waals surface area contributed by atoms with Crippen molar-refractivity contribution in [3.8, 4) is 11.5 Å². The predicted molar refractivity (Wildman–Crippen MR) is 99.2 cm³/mol. The Hall–Kier alpha value is -2.22. The van der Waals surface area contributed by atoms with Crippen LogP contribution in [0.3, 0.4) is 0 Å². The van der Waals surface area contributed by atoms with E-state index in [9.17, 15) is 4.79 Å². The van der Waals surface area contributed by atoms with Gasteiger partial charge in [0.05, 0.1) is 25.7 Å². The second kappa shape index (κ2) is 7.19. The predicted octanol–water partition coefficient (Wildman–Crippen LogP) is 3.24. The fraction of sp³-hybridized carbons (Fsp3) is 0.500. The Morgan fingerprint density at radius 2 is 2.04 bits per heavy atom. The maximum absolute atomic E-state index is 12.4. The standard InChI is InChI=1S/C18H22N4O3S/c1-24-13-7-8-15(25-2)14(9-13)19-16(23)10-26-18-21-20-17(11-3-4-11)22(18)12-5-6-12/h7-9,11-12H,3-6,10H2,1-2H3,(H,19,23). The third-order valence-corrected chi connectivity index (χ3v) is 5.50. The van der Waals surface area contributed by atoms with Gasteiger partial charge < -0.3 is 19.4 Å². The number of carbonyl (C=O) groups is 1. The van der Waals surface area contributed by atoms with Crippen molar-refractivity contribution in [2.24, 2.45) is 0 Å². The fourth-order valence-electron chi connectivity index (χ4n) is 2.91. The lowest BCUT2D eigenvalue weighted by Gasteiger charge is -2.12. The molecule has 0 aliphatic heterocycles. The van der Waals surface area contributed by atoms with Crippen molar-refractivity contribution in [2.75, 3.05) is 25.3 Å². The van der Waals surface area contributed by atoms with Gasteiger partial charge in [-0.2, -0.15) is 0 Å². The lowest BCUT2D eigenvalue weighted by Crippen LogP contribution is -2.15. The molecule has 1 aromatic heterocycles. The van der Waals surface area contributed by atoms with Gasteiger partial charge in [0.1, 0.15) is 17.3 Å². The highest BCUT2D eigenvalue weighted by molar-refractivity contribution is 7.99. The molecule has 1 aromatic carbocycles. The van der Waals surface area contributed by atoms with Crippen LogP contribution in [-0.2, 0) is 4.79 Å². The molecule has 138 valence electrons. The monoisotopic (exact) mass is 374 g/mol. The minimum Gasteiger partial charge on any atom is -0.497 e. The largest absolute Gasteiger partial charge is 0.497 e. The molecule has 26 heavy (non-hydrogen) atoms. The highest BCUT2D eigenvalue weighted by atomic mass is 32.2. The summed E-state index contributed by atoms with van der Waals surface area (Å²) >= 11 is 1.44. The highest BCUT2D eigenvalue weighted by Gasteiger charge is 2.36. The van der Waals surface area contributed by atoms with Gasteiger partial charge in [-0.05, 0) is 37.8 Å². The van der Waals surface area contributed by atoms with Crippen molar-refractivity contribution < 1.29 is 14.3 Å². The highest BCUT2D eigenvalue weighted by Crippen LogP contribution is 2.46. The summed E-state index contributed by atoms with van der Waals surface area (Å²) in [5.74, 6) is 3.09. The summed E-state index contributed by atoms with van der Waals surface area (Å²) < 4.78 is 12.8. The molecule has 0 radical (unpaired) electrons. The first kappa shape index (κ1) is 17.2. The van der Waals surface area contributed by atoms with Crippen LogP contribution in [0.5, 0.6) is 11.5 Å². The Kier molecular flexibility index (Phi) is 4.76. The number of benzene rings is 1. The van der Waals surface area contributed by atoms with E-state index in [0.717, 1.165) is 11.0 Å². The molecule has 0 spiro atoms. The molecular formula is C18H22N4O3S. The van der Waals surface area contributed by atoms with Crippen LogP contribution in [0.25, 0.3) is 0 Å². The minimum atomic E-state index is -0.111. The van der Waals surface area contributed by atoms with Crippen LogP contribution in [0.2, 0.25) is 0 Å². The first-order valence-electron chi connectivity index (χ1n) is 8.79. The van der Waals surface area contributed by atoms with Gasteiger partial charge in [-0.25, -0.2) is 0 Å². The average Bonchev–Trinajstić information content (AvgIpc) is 3.58. The summed E-state index contributed by atoms with van der Waals surface area (Å²) in [5.41, 5.74) is 0.597. The Bertz CT molecular complexity index is 815. The number of methoxy groups -OCH3 is 2. The summed E-state index contributed by atoms with van der Waals surface area (Å²) in [7, 11) is 3.16. The molecule has 2 aliphatic rings. The summed E-state index contributed by atoms with van der Waals surface area (Å²) in [4.78, 5) is 12.4. The molecule has 2 saturated carbocycles. The molecule has 2 aromatic rings. The normalized spacial score (nSPS) is 16.4. The van der Waals surface area contributed by atoms with Gasteiger partial charge in [0.15, 0.2) is 5.16 Å². The molecule has 4 rings (SSSR count). The Labute approximate surface area is 156 Å². The number of ether oxygens (including phenoxy) is 2. The molecule has 1 amide bonds. The lowest BCUT2D eigenvalue weighted by atomic mass is 10.2. The van der Waals surface area contributed by atoms with Crippen molar-refractivity contribution in [1.29, 1.82) is 0 Å². The van der Waals surface area contributed by atoms with Crippen molar-refractivity contribution in [1.82, 2.24) is 14.8 Å². The van der Waals surface area contributed by atoms with Crippen LogP contribution in [0.15, 0.2) is 23.4 Å². The van der Waals surface area contributed by atoms with E-state index < -0.39 is 0 Å². The van der Waals surface area contributed by atoms with Crippen LogP contribution < -0.4 is 14.8 Å². The number of amides is 1. The van der Waals surface area contributed by atoms with Gasteiger partial charge >= 0.3 is 0 Å². The number of carbonyl (C=O) groups excluding carboxylic acids is 1. The van der Waals surface area contributed by atoms with E-state index in [1.54, 1.807) is 32.4 Å². The third-order valence-electron chi connectivity index (χ3n) is 4.56. The van der Waals surface area contributed by atoms with Crippen molar-refractivity contribution in [3.05, 3.63) is 24.0 Å². The van der Waals surface area contributed by atoms with Crippen molar-refractivity contribution >= 4 is 23.4 Å². The van der Waals surface area contributed by atoms with E-state index in [1.165, 1.54) is 37.4 Å². The van der Waals surface area contributed by atoms with Crippen LogP contribution >= 0.6 is 11.8 Å². The minimum absolute atomic E-state index is 0.111. The zero-order chi connectivity index (χ0) is 18.1. The van der Waals surface area contributed by atoms with E-state index in [4.69, 9.17) is 9.47 Å². The van der Waals surface area contributed by atoms with Crippen molar-refractivity contribution in [2.45, 2.75) is 42.8 Å². The molecule has 1 heterocycles. The summed E-state index contributed by atoms with van der Waals surface area (Å²) in [5, 5.41) is 12.4. The summed E-state index contributed by atoms with van der Waals surface area (Å²) in [6, 6.07) is 5.83. The van der Waals surface area contributed by atoms with Crippen LogP contribution in [0.1, 0.15) is 43.5 Å². The van der Waals surface area contributed by atoms with E-state index >= 15 is 0 Å². The van der Waals surface area contributed by atoms with Crippen LogP contribution in [-0.4, -0.2) is 40.6 Å². The van der Waals surface area contributed by atoms with Gasteiger partial charge in [0.2, 0.25) is 5.91 Å². The molecule has 0 atom stereocenters. The zero-order valence-electron chi connectivity index (χ0n) is 14.9. The number of hydrogen-bond acceptors (Lipinski definition) is 6. The van der Waals surface area contributed by atoms with E-state index in [2.05, 4.69) is 20.1 Å². The zero-order valence-corrected chi connectivity index (χ0v) is 15.7. The molecule has 2 fully saturated rings. The molecule has 2 aliphatic carbocycles. The Morgan fingerprint density at radius 3 is 2.69 bits per heavy atom. The number of nitrogens with zero attached hydrogens (tertiary/aromatic N) is 3. The fourth-order valence-corrected chi connectivity index (χ4v) is 3.72. The van der Waals surface area contributed by atoms with Crippen LogP contribution in [0, 0.1) is 0 Å². The number of thioether (sulfide) groups is 1.